The number of halogens is 2. The van der Waals surface area contributed by atoms with Gasteiger partial charge in [-0.3, -0.25) is 4.79 Å². The molecule has 0 amide bonds. The van der Waals surface area contributed by atoms with E-state index < -0.39 is 12.1 Å². The highest BCUT2D eigenvalue weighted by Gasteiger charge is 2.20. The van der Waals surface area contributed by atoms with Gasteiger partial charge in [-0.2, -0.15) is 9.78 Å². The topological polar surface area (TPSA) is 92.0 Å². The van der Waals surface area contributed by atoms with Crippen LogP contribution in [0.2, 0.25) is 0 Å². The van der Waals surface area contributed by atoms with E-state index in [0.717, 1.165) is 10.9 Å². The van der Waals surface area contributed by atoms with E-state index in [1.165, 1.54) is 11.8 Å². The molecule has 0 aliphatic heterocycles. The molecule has 0 unspecified atom stereocenters. The van der Waals surface area contributed by atoms with Crippen LogP contribution in [-0.4, -0.2) is 41.7 Å². The van der Waals surface area contributed by atoms with E-state index in [0.29, 0.717) is 44.7 Å². The molecule has 34 heavy (non-hydrogen) atoms. The highest BCUT2D eigenvalue weighted by molar-refractivity contribution is 9.10. The first kappa shape index (κ1) is 25.9. The van der Waals surface area contributed by atoms with Crippen molar-refractivity contribution in [1.29, 1.82) is 0 Å². The number of ether oxygens (including phenoxy) is 3. The number of carbonyl (C=O) groups excluding carboxylic acids is 1. The van der Waals surface area contributed by atoms with Gasteiger partial charge in [-0.05, 0) is 72.1 Å². The van der Waals surface area contributed by atoms with Crippen molar-refractivity contribution in [3.05, 3.63) is 61.0 Å². The molecule has 0 bridgehead atoms. The second kappa shape index (κ2) is 11.6. The third-order valence-corrected chi connectivity index (χ3v) is 5.92. The molecule has 1 atom stereocenters. The molecule has 0 saturated heterocycles. The summed E-state index contributed by atoms with van der Waals surface area (Å²) in [6.45, 7) is 5.62. The quantitative estimate of drug-likeness (QED) is 0.253. The summed E-state index contributed by atoms with van der Waals surface area (Å²) < 4.78 is 18.9. The van der Waals surface area contributed by atoms with Gasteiger partial charge < -0.3 is 14.2 Å². The fourth-order valence-electron chi connectivity index (χ4n) is 3.24. The Morgan fingerprint density at radius 2 is 2.00 bits per heavy atom. The molecule has 2 aromatic carbocycles. The predicted molar refractivity (Wildman–Crippen MR) is 138 cm³/mol. The summed E-state index contributed by atoms with van der Waals surface area (Å²) in [5.74, 6) is 0.864. The van der Waals surface area contributed by atoms with E-state index in [4.69, 9.17) is 14.2 Å². The first-order valence-corrected chi connectivity index (χ1v) is 12.3. The molecule has 0 saturated carbocycles. The Morgan fingerprint density at radius 1 is 1.24 bits per heavy atom. The number of esters is 1. The van der Waals surface area contributed by atoms with E-state index >= 15 is 0 Å². The highest BCUT2D eigenvalue weighted by Crippen LogP contribution is 2.37. The summed E-state index contributed by atoms with van der Waals surface area (Å²) >= 11 is 6.88. The van der Waals surface area contributed by atoms with Crippen molar-refractivity contribution in [2.45, 2.75) is 39.7 Å². The Hall–Kier alpha value is -2.72. The standard InChI is InChI=1S/C24H25Br2N3O5/c1-5-7-21-28-19-9-8-16(25)12-17(19)23(30)29(21)27-13-15-10-18(26)22(20(11-15)32-4)34-14(3)24(31)33-6-2/h8-14H,5-7H2,1-4H3/t14-/m1/s1. The monoisotopic (exact) mass is 593 g/mol. The van der Waals surface area contributed by atoms with Crippen molar-refractivity contribution in [2.75, 3.05) is 13.7 Å². The molecule has 180 valence electrons. The van der Waals surface area contributed by atoms with Crippen molar-refractivity contribution >= 4 is 54.9 Å². The summed E-state index contributed by atoms with van der Waals surface area (Å²) in [4.78, 5) is 29.8. The van der Waals surface area contributed by atoms with E-state index in [1.54, 1.807) is 38.3 Å². The van der Waals surface area contributed by atoms with Crippen LogP contribution in [0.15, 0.2) is 49.2 Å². The molecule has 10 heteroatoms. The molecule has 0 fully saturated rings. The summed E-state index contributed by atoms with van der Waals surface area (Å²) in [6.07, 6.45) is 2.15. The third kappa shape index (κ3) is 5.85. The second-order valence-electron chi connectivity index (χ2n) is 7.35. The number of carbonyl (C=O) groups is 1. The van der Waals surface area contributed by atoms with Gasteiger partial charge >= 0.3 is 5.97 Å². The molecule has 0 aliphatic rings. The van der Waals surface area contributed by atoms with E-state index in [-0.39, 0.29) is 12.2 Å². The number of hydrogen-bond acceptors (Lipinski definition) is 7. The fraction of sp³-hybridized carbons (Fsp3) is 0.333. The molecule has 1 heterocycles. The molecule has 1 aromatic heterocycles. The van der Waals surface area contributed by atoms with Crippen molar-refractivity contribution in [2.24, 2.45) is 5.10 Å². The van der Waals surface area contributed by atoms with E-state index in [9.17, 15) is 9.59 Å². The molecular formula is C24H25Br2N3O5. The van der Waals surface area contributed by atoms with Gasteiger partial charge in [0.1, 0.15) is 5.82 Å². The SMILES string of the molecule is CCCc1nc2ccc(Br)cc2c(=O)n1N=Cc1cc(Br)c(O[C@H](C)C(=O)OCC)c(OC)c1. The number of fused-ring (bicyclic) bond motifs is 1. The largest absolute Gasteiger partial charge is 0.493 e. The van der Waals surface area contributed by atoms with Gasteiger partial charge in [-0.15, -0.1) is 0 Å². The third-order valence-electron chi connectivity index (χ3n) is 4.84. The van der Waals surface area contributed by atoms with Crippen LogP contribution in [0.1, 0.15) is 38.6 Å². The van der Waals surface area contributed by atoms with Crippen LogP contribution in [0, 0.1) is 0 Å². The van der Waals surface area contributed by atoms with Crippen LogP contribution >= 0.6 is 31.9 Å². The zero-order valence-corrected chi connectivity index (χ0v) is 22.5. The smallest absolute Gasteiger partial charge is 0.347 e. The maximum Gasteiger partial charge on any atom is 0.347 e. The number of aromatic nitrogens is 2. The van der Waals surface area contributed by atoms with Crippen molar-refractivity contribution < 1.29 is 19.0 Å². The molecule has 8 nitrogen and oxygen atoms in total. The van der Waals surface area contributed by atoms with Crippen molar-refractivity contribution in [1.82, 2.24) is 9.66 Å². The lowest BCUT2D eigenvalue weighted by atomic mass is 10.2. The van der Waals surface area contributed by atoms with Gasteiger partial charge in [-0.25, -0.2) is 9.78 Å². The Labute approximate surface area is 214 Å². The van der Waals surface area contributed by atoms with E-state index in [2.05, 4.69) is 41.9 Å². The number of nitrogens with zero attached hydrogens (tertiary/aromatic N) is 3. The summed E-state index contributed by atoms with van der Waals surface area (Å²) in [6, 6.07) is 8.87. The predicted octanol–water partition coefficient (Wildman–Crippen LogP) is 5.10. The number of methoxy groups -OCH3 is 1. The van der Waals surface area contributed by atoms with Crippen molar-refractivity contribution in [3.63, 3.8) is 0 Å². The number of hydrogen-bond donors (Lipinski definition) is 0. The number of aryl methyl sites for hydroxylation is 1. The average molecular weight is 595 g/mol. The summed E-state index contributed by atoms with van der Waals surface area (Å²) in [5, 5.41) is 4.92. The minimum Gasteiger partial charge on any atom is -0.493 e. The minimum atomic E-state index is -0.817. The Balaban J connectivity index is 2.00. The second-order valence-corrected chi connectivity index (χ2v) is 9.12. The fourth-order valence-corrected chi connectivity index (χ4v) is 4.15. The molecular weight excluding hydrogens is 570 g/mol. The lowest BCUT2D eigenvalue weighted by Crippen LogP contribution is -2.26. The molecule has 0 spiro atoms. The Kier molecular flexibility index (Phi) is 8.84. The lowest BCUT2D eigenvalue weighted by molar-refractivity contribution is -0.150. The molecule has 0 N–H and O–H groups in total. The maximum absolute atomic E-state index is 13.2. The van der Waals surface area contributed by atoms with Crippen LogP contribution in [0.4, 0.5) is 0 Å². The Morgan fingerprint density at radius 3 is 2.68 bits per heavy atom. The molecule has 0 aliphatic carbocycles. The highest BCUT2D eigenvalue weighted by atomic mass is 79.9. The van der Waals surface area contributed by atoms with Crippen LogP contribution < -0.4 is 15.0 Å². The molecule has 3 aromatic rings. The number of rotatable bonds is 9. The van der Waals surface area contributed by atoms with Crippen molar-refractivity contribution in [3.8, 4) is 11.5 Å². The summed E-state index contributed by atoms with van der Waals surface area (Å²) in [7, 11) is 1.50. The van der Waals surface area contributed by atoms with Gasteiger partial charge in [-0.1, -0.05) is 22.9 Å². The summed E-state index contributed by atoms with van der Waals surface area (Å²) in [5.41, 5.74) is 1.04. The normalized spacial score (nSPS) is 12.2. The maximum atomic E-state index is 13.2. The lowest BCUT2D eigenvalue weighted by Gasteiger charge is -2.17. The number of benzene rings is 2. The van der Waals surface area contributed by atoms with Gasteiger partial charge in [0, 0.05) is 10.9 Å². The molecule has 3 rings (SSSR count). The first-order valence-electron chi connectivity index (χ1n) is 10.7. The first-order chi connectivity index (χ1) is 16.3. The van der Waals surface area contributed by atoms with Crippen LogP contribution in [0.25, 0.3) is 10.9 Å². The van der Waals surface area contributed by atoms with Gasteiger partial charge in [0.05, 0.1) is 35.3 Å². The molecule has 0 radical (unpaired) electrons. The minimum absolute atomic E-state index is 0.250. The average Bonchev–Trinajstić information content (AvgIpc) is 2.81. The Bertz CT molecular complexity index is 1290. The zero-order valence-electron chi connectivity index (χ0n) is 19.3. The van der Waals surface area contributed by atoms with Crippen LogP contribution in [0.5, 0.6) is 11.5 Å². The van der Waals surface area contributed by atoms with Gasteiger partial charge in [0.15, 0.2) is 17.6 Å². The van der Waals surface area contributed by atoms with Gasteiger partial charge in [0.2, 0.25) is 0 Å². The van der Waals surface area contributed by atoms with Crippen LogP contribution in [0.3, 0.4) is 0 Å². The van der Waals surface area contributed by atoms with E-state index in [1.807, 2.05) is 19.1 Å². The van der Waals surface area contributed by atoms with Crippen LogP contribution in [-0.2, 0) is 16.0 Å². The van der Waals surface area contributed by atoms with Gasteiger partial charge in [0.25, 0.3) is 5.56 Å². The zero-order chi connectivity index (χ0) is 24.8.